The van der Waals surface area contributed by atoms with Gasteiger partial charge >= 0.3 is 21.2 Å². The van der Waals surface area contributed by atoms with E-state index in [9.17, 15) is 13.0 Å². The lowest BCUT2D eigenvalue weighted by Gasteiger charge is -2.20. The van der Waals surface area contributed by atoms with Crippen LogP contribution < -0.4 is 30.7 Å². The first-order valence-corrected chi connectivity index (χ1v) is 17.6. The van der Waals surface area contributed by atoms with Gasteiger partial charge in [0.25, 0.3) is 0 Å². The van der Waals surface area contributed by atoms with Gasteiger partial charge in [-0.3, -0.25) is 0 Å². The van der Waals surface area contributed by atoms with E-state index in [1.54, 1.807) is 20.3 Å². The number of fused-ring (bicyclic) bond motifs is 2. The molecule has 7 heteroatoms. The van der Waals surface area contributed by atoms with Crippen molar-refractivity contribution in [2.45, 2.75) is 57.3 Å². The van der Waals surface area contributed by atoms with Crippen molar-refractivity contribution in [1.82, 2.24) is 0 Å². The molecular weight excluding hydrogens is 671 g/mol. The fraction of sp³-hybridized carbons (Fsp3) is 0.278. The lowest BCUT2D eigenvalue weighted by atomic mass is 9.87. The molecule has 0 atom stereocenters. The predicted octanol–water partition coefficient (Wildman–Crippen LogP) is 5.32. The molecule has 226 valence electrons. The second-order valence-electron chi connectivity index (χ2n) is 12.3. The van der Waals surface area contributed by atoms with Gasteiger partial charge in [-0.2, -0.15) is 0 Å². The van der Waals surface area contributed by atoms with E-state index < -0.39 is 10.1 Å². The van der Waals surface area contributed by atoms with E-state index in [0.29, 0.717) is 22.3 Å². The SMILES string of the molecule is CC(C)(C)c1ccccc1[I+]c1ccccc1C(C)(C)C.COc1c2ccccc2c(OC)c2cc(S(=O)(=O)[O-])ccc12. The average Bonchev–Trinajstić information content (AvgIpc) is 2.95. The minimum atomic E-state index is -4.54. The summed E-state index contributed by atoms with van der Waals surface area (Å²) in [6.07, 6.45) is 0. The van der Waals surface area contributed by atoms with Gasteiger partial charge in [0.15, 0.2) is 7.14 Å². The molecule has 0 heterocycles. The Morgan fingerprint density at radius 1 is 0.581 bits per heavy atom. The van der Waals surface area contributed by atoms with E-state index in [4.69, 9.17) is 9.47 Å². The third kappa shape index (κ3) is 7.33. The van der Waals surface area contributed by atoms with Crippen molar-refractivity contribution in [3.63, 3.8) is 0 Å². The molecular formula is C36H39IO5S. The zero-order valence-electron chi connectivity index (χ0n) is 26.0. The molecule has 5 aromatic rings. The van der Waals surface area contributed by atoms with Gasteiger partial charge in [0, 0.05) is 32.7 Å². The lowest BCUT2D eigenvalue weighted by molar-refractivity contribution is -0.599. The smallest absolute Gasteiger partial charge is 0.358 e. The second-order valence-corrected chi connectivity index (χ2v) is 16.6. The van der Waals surface area contributed by atoms with Gasteiger partial charge in [-0.05, 0) is 41.2 Å². The molecule has 43 heavy (non-hydrogen) atoms. The molecule has 0 amide bonds. The van der Waals surface area contributed by atoms with Crippen molar-refractivity contribution >= 4 is 31.7 Å². The molecule has 0 spiro atoms. The zero-order valence-corrected chi connectivity index (χ0v) is 29.0. The summed E-state index contributed by atoms with van der Waals surface area (Å²) in [5.41, 5.74) is 3.43. The fourth-order valence-electron chi connectivity index (χ4n) is 5.09. The molecule has 0 unspecified atom stereocenters. The predicted molar refractivity (Wildman–Crippen MR) is 170 cm³/mol. The molecule has 0 aromatic heterocycles. The van der Waals surface area contributed by atoms with Crippen molar-refractivity contribution in [2.24, 2.45) is 0 Å². The van der Waals surface area contributed by atoms with E-state index in [1.165, 1.54) is 30.4 Å². The average molecular weight is 711 g/mol. The highest BCUT2D eigenvalue weighted by Gasteiger charge is 2.31. The summed E-state index contributed by atoms with van der Waals surface area (Å²) in [5, 5.41) is 2.85. The molecule has 0 fully saturated rings. The number of methoxy groups -OCH3 is 2. The Morgan fingerprint density at radius 3 is 1.40 bits per heavy atom. The molecule has 5 nitrogen and oxygen atoms in total. The van der Waals surface area contributed by atoms with Crippen LogP contribution in [0.3, 0.4) is 0 Å². The maximum atomic E-state index is 11.3. The molecule has 0 aliphatic rings. The summed E-state index contributed by atoms with van der Waals surface area (Å²) in [6.45, 7) is 13.9. The van der Waals surface area contributed by atoms with E-state index in [-0.39, 0.29) is 36.9 Å². The summed E-state index contributed by atoms with van der Waals surface area (Å²) < 4.78 is 47.9. The Hall–Kier alpha value is -3.14. The zero-order chi connectivity index (χ0) is 31.6. The monoisotopic (exact) mass is 710 g/mol. The van der Waals surface area contributed by atoms with Gasteiger partial charge in [0.2, 0.25) is 0 Å². The Labute approximate surface area is 266 Å². The van der Waals surface area contributed by atoms with Crippen LogP contribution in [-0.4, -0.2) is 27.2 Å². The van der Waals surface area contributed by atoms with Crippen LogP contribution in [0.1, 0.15) is 52.7 Å². The second kappa shape index (κ2) is 12.8. The molecule has 0 bridgehead atoms. The molecule has 5 aromatic carbocycles. The normalized spacial score (nSPS) is 12.1. The van der Waals surface area contributed by atoms with Crippen molar-refractivity contribution < 1.29 is 43.6 Å². The van der Waals surface area contributed by atoms with Crippen LogP contribution in [0.5, 0.6) is 11.5 Å². The van der Waals surface area contributed by atoms with Crippen molar-refractivity contribution in [3.8, 4) is 11.5 Å². The number of ether oxygens (including phenoxy) is 2. The molecule has 5 rings (SSSR count). The van der Waals surface area contributed by atoms with Gasteiger partial charge in [0.1, 0.15) is 21.6 Å². The van der Waals surface area contributed by atoms with E-state index in [2.05, 4.69) is 90.1 Å². The summed E-state index contributed by atoms with van der Waals surface area (Å²) >= 11 is -0.147. The highest BCUT2D eigenvalue weighted by Crippen LogP contribution is 2.43. The molecule has 0 saturated heterocycles. The van der Waals surface area contributed by atoms with Gasteiger partial charge in [-0.15, -0.1) is 0 Å². The number of rotatable bonds is 5. The maximum Gasteiger partial charge on any atom is 0.358 e. The van der Waals surface area contributed by atoms with Crippen LogP contribution in [0.2, 0.25) is 0 Å². The molecule has 0 N–H and O–H groups in total. The lowest BCUT2D eigenvalue weighted by Crippen LogP contribution is -3.62. The molecule has 0 aliphatic heterocycles. The summed E-state index contributed by atoms with van der Waals surface area (Å²) in [5.74, 6) is 1.12. The first-order valence-electron chi connectivity index (χ1n) is 14.0. The van der Waals surface area contributed by atoms with Crippen LogP contribution in [-0.2, 0) is 20.9 Å². The Morgan fingerprint density at radius 2 is 0.977 bits per heavy atom. The summed E-state index contributed by atoms with van der Waals surface area (Å²) in [6, 6.07) is 29.6. The largest absolute Gasteiger partial charge is 0.744 e. The minimum Gasteiger partial charge on any atom is -0.744 e. The Balaban J connectivity index is 0.000000197. The van der Waals surface area contributed by atoms with Crippen LogP contribution in [0.15, 0.2) is 95.9 Å². The van der Waals surface area contributed by atoms with Gasteiger partial charge in [0.05, 0.1) is 19.1 Å². The third-order valence-corrected chi connectivity index (χ3v) is 11.0. The van der Waals surface area contributed by atoms with Crippen molar-refractivity contribution in [1.29, 1.82) is 0 Å². The van der Waals surface area contributed by atoms with Crippen LogP contribution >= 0.6 is 0 Å². The number of halogens is 1. The standard InChI is InChI=1S/C20H26I.C16H14O5S/c1-19(2,3)15-11-7-9-13-17(15)21-18-14-10-8-12-16(18)20(4,5)6;1-20-15-11-5-3-4-6-12(11)16(21-2)14-9-10(22(17,18)19)7-8-13(14)15/h7-14H,1-6H3;3-9H,1-2H3,(H,17,18,19)/q+1;/p-1. The number of hydrogen-bond donors (Lipinski definition) is 0. The first kappa shape index (κ1) is 32.8. The van der Waals surface area contributed by atoms with E-state index in [0.717, 1.165) is 10.8 Å². The summed E-state index contributed by atoms with van der Waals surface area (Å²) in [7, 11) is -1.48. The maximum absolute atomic E-state index is 11.3. The Kier molecular flexibility index (Phi) is 9.79. The highest BCUT2D eigenvalue weighted by atomic mass is 127. The van der Waals surface area contributed by atoms with Crippen molar-refractivity contribution in [3.05, 3.63) is 109 Å². The van der Waals surface area contributed by atoms with Gasteiger partial charge < -0.3 is 14.0 Å². The van der Waals surface area contributed by atoms with Crippen LogP contribution in [0, 0.1) is 7.14 Å². The van der Waals surface area contributed by atoms with Crippen LogP contribution in [0.4, 0.5) is 0 Å². The van der Waals surface area contributed by atoms with Crippen molar-refractivity contribution in [2.75, 3.05) is 14.2 Å². The number of hydrogen-bond acceptors (Lipinski definition) is 5. The fourth-order valence-corrected chi connectivity index (χ4v) is 9.54. The van der Waals surface area contributed by atoms with Gasteiger partial charge in [-0.1, -0.05) is 102 Å². The Bertz CT molecular complexity index is 1810. The molecule has 0 radical (unpaired) electrons. The van der Waals surface area contributed by atoms with E-state index >= 15 is 0 Å². The quantitative estimate of drug-likeness (QED) is 0.140. The topological polar surface area (TPSA) is 75.7 Å². The summed E-state index contributed by atoms with van der Waals surface area (Å²) in [4.78, 5) is -0.296. The van der Waals surface area contributed by atoms with E-state index in [1.807, 2.05) is 24.3 Å². The van der Waals surface area contributed by atoms with Gasteiger partial charge in [-0.25, -0.2) is 8.42 Å². The molecule has 0 aliphatic carbocycles. The first-order chi connectivity index (χ1) is 20.2. The number of benzene rings is 5. The van der Waals surface area contributed by atoms with Crippen LogP contribution in [0.25, 0.3) is 21.5 Å². The highest BCUT2D eigenvalue weighted by molar-refractivity contribution is 7.85. The third-order valence-electron chi connectivity index (χ3n) is 7.16. The minimum absolute atomic E-state index is 0.147. The molecule has 0 saturated carbocycles.